The zero-order valence-electron chi connectivity index (χ0n) is 7.53. The first-order valence-corrected chi connectivity index (χ1v) is 4.24. The van der Waals surface area contributed by atoms with Crippen molar-refractivity contribution in [3.63, 3.8) is 0 Å². The number of carboxylic acids is 1. The van der Waals surface area contributed by atoms with E-state index in [9.17, 15) is 4.79 Å². The van der Waals surface area contributed by atoms with E-state index in [1.54, 1.807) is 6.92 Å². The van der Waals surface area contributed by atoms with E-state index < -0.39 is 5.97 Å². The van der Waals surface area contributed by atoms with E-state index in [0.29, 0.717) is 0 Å². The molecule has 2 atom stereocenters. The summed E-state index contributed by atoms with van der Waals surface area (Å²) in [4.78, 5) is 12.7. The van der Waals surface area contributed by atoms with Crippen LogP contribution in [0.1, 0.15) is 13.8 Å². The lowest BCUT2D eigenvalue weighted by molar-refractivity contribution is -0.144. The van der Waals surface area contributed by atoms with Crippen molar-refractivity contribution in [1.29, 1.82) is 0 Å². The van der Waals surface area contributed by atoms with Crippen molar-refractivity contribution in [1.82, 2.24) is 4.90 Å². The van der Waals surface area contributed by atoms with Gasteiger partial charge in [-0.25, -0.2) is 0 Å². The van der Waals surface area contributed by atoms with Crippen LogP contribution in [-0.4, -0.2) is 41.1 Å². The lowest BCUT2D eigenvalue weighted by atomic mass is 9.97. The van der Waals surface area contributed by atoms with Gasteiger partial charge in [-0.05, 0) is 6.92 Å². The molecular formula is C8H16N2O2. The van der Waals surface area contributed by atoms with Crippen LogP contribution >= 0.6 is 0 Å². The summed E-state index contributed by atoms with van der Waals surface area (Å²) in [6.07, 6.45) is 0. The lowest BCUT2D eigenvalue weighted by Gasteiger charge is -2.42. The maximum Gasteiger partial charge on any atom is 0.307 e. The summed E-state index contributed by atoms with van der Waals surface area (Å²) in [5, 5.41) is 8.73. The van der Waals surface area contributed by atoms with Gasteiger partial charge in [0.15, 0.2) is 0 Å². The second-order valence-electron chi connectivity index (χ2n) is 3.58. The van der Waals surface area contributed by atoms with E-state index in [1.165, 1.54) is 0 Å². The fourth-order valence-corrected chi connectivity index (χ4v) is 1.40. The van der Waals surface area contributed by atoms with Gasteiger partial charge in [-0.1, -0.05) is 6.92 Å². The van der Waals surface area contributed by atoms with Crippen molar-refractivity contribution in [3.8, 4) is 0 Å². The molecule has 0 spiro atoms. The molecule has 0 amide bonds. The van der Waals surface area contributed by atoms with Gasteiger partial charge in [0.1, 0.15) is 0 Å². The average molecular weight is 172 g/mol. The zero-order chi connectivity index (χ0) is 9.30. The van der Waals surface area contributed by atoms with Gasteiger partial charge < -0.3 is 10.8 Å². The summed E-state index contributed by atoms with van der Waals surface area (Å²) in [5.74, 6) is -1.04. The highest BCUT2D eigenvalue weighted by Crippen LogP contribution is 2.16. The van der Waals surface area contributed by atoms with Gasteiger partial charge in [-0.15, -0.1) is 0 Å². The fraction of sp³-hybridized carbons (Fsp3) is 0.875. The maximum atomic E-state index is 10.6. The molecule has 1 rings (SSSR count). The molecule has 1 aliphatic rings. The predicted octanol–water partition coefficient (Wildman–Crippen LogP) is -0.261. The molecule has 3 N–H and O–H groups in total. The van der Waals surface area contributed by atoms with Crippen LogP contribution in [0.5, 0.6) is 0 Å². The minimum absolute atomic E-state index is 0.0994. The molecule has 0 radical (unpaired) electrons. The molecule has 1 fully saturated rings. The third-order valence-corrected chi connectivity index (χ3v) is 2.63. The maximum absolute atomic E-state index is 10.6. The number of rotatable bonds is 3. The smallest absolute Gasteiger partial charge is 0.307 e. The summed E-state index contributed by atoms with van der Waals surface area (Å²) in [6, 6.07) is 0.343. The standard InChI is InChI=1S/C8H16N2O2/c1-5(8(11)12)6(2)10-3-7(9)4-10/h5-7H,3-4,9H2,1-2H3,(H,11,12). The van der Waals surface area contributed by atoms with E-state index in [4.69, 9.17) is 10.8 Å². The molecule has 4 nitrogen and oxygen atoms in total. The third-order valence-electron chi connectivity index (χ3n) is 2.63. The first-order chi connectivity index (χ1) is 5.52. The fourth-order valence-electron chi connectivity index (χ4n) is 1.40. The first-order valence-electron chi connectivity index (χ1n) is 4.24. The van der Waals surface area contributed by atoms with Crippen LogP contribution in [-0.2, 0) is 4.79 Å². The highest BCUT2D eigenvalue weighted by atomic mass is 16.4. The Bertz CT molecular complexity index is 178. The number of likely N-dealkylation sites (tertiary alicyclic amines) is 1. The topological polar surface area (TPSA) is 66.6 Å². The summed E-state index contributed by atoms with van der Waals surface area (Å²) in [7, 11) is 0. The average Bonchev–Trinajstić information content (AvgIpc) is 1.95. The van der Waals surface area contributed by atoms with Gasteiger partial charge in [0.05, 0.1) is 5.92 Å². The van der Waals surface area contributed by atoms with Crippen LogP contribution in [0.3, 0.4) is 0 Å². The first kappa shape index (κ1) is 9.48. The van der Waals surface area contributed by atoms with Crippen molar-refractivity contribution in [2.45, 2.75) is 25.9 Å². The van der Waals surface area contributed by atoms with Crippen LogP contribution in [0.4, 0.5) is 0 Å². The highest BCUT2D eigenvalue weighted by molar-refractivity contribution is 5.70. The molecular weight excluding hydrogens is 156 g/mol. The van der Waals surface area contributed by atoms with Gasteiger partial charge in [0, 0.05) is 25.2 Å². The zero-order valence-corrected chi connectivity index (χ0v) is 7.53. The van der Waals surface area contributed by atoms with E-state index in [2.05, 4.69) is 4.90 Å². The molecule has 0 aromatic heterocycles. The molecule has 1 saturated heterocycles. The third kappa shape index (κ3) is 1.76. The Balaban J connectivity index is 2.37. The molecule has 1 aliphatic heterocycles. The van der Waals surface area contributed by atoms with Crippen molar-refractivity contribution in [3.05, 3.63) is 0 Å². The van der Waals surface area contributed by atoms with E-state index >= 15 is 0 Å². The Hall–Kier alpha value is -0.610. The number of aliphatic carboxylic acids is 1. The summed E-state index contributed by atoms with van der Waals surface area (Å²) in [5.41, 5.74) is 5.59. The van der Waals surface area contributed by atoms with Gasteiger partial charge in [0.2, 0.25) is 0 Å². The van der Waals surface area contributed by atoms with Crippen molar-refractivity contribution >= 4 is 5.97 Å². The monoisotopic (exact) mass is 172 g/mol. The second kappa shape index (κ2) is 3.41. The van der Waals surface area contributed by atoms with Crippen LogP contribution in [0.15, 0.2) is 0 Å². The normalized spacial score (nSPS) is 24.6. The summed E-state index contributed by atoms with van der Waals surface area (Å²) >= 11 is 0. The molecule has 70 valence electrons. The molecule has 1 heterocycles. The SMILES string of the molecule is CC(C(=O)O)C(C)N1CC(N)C1. The minimum Gasteiger partial charge on any atom is -0.481 e. The molecule has 12 heavy (non-hydrogen) atoms. The van der Waals surface area contributed by atoms with Crippen molar-refractivity contribution in [2.75, 3.05) is 13.1 Å². The molecule has 0 saturated carbocycles. The molecule has 0 bridgehead atoms. The lowest BCUT2D eigenvalue weighted by Crippen LogP contribution is -2.60. The summed E-state index contributed by atoms with van der Waals surface area (Å²) in [6.45, 7) is 5.33. The Kier molecular flexibility index (Phi) is 2.69. The molecule has 0 aromatic rings. The predicted molar refractivity (Wildman–Crippen MR) is 45.8 cm³/mol. The van der Waals surface area contributed by atoms with Gasteiger partial charge >= 0.3 is 5.97 Å². The second-order valence-corrected chi connectivity index (χ2v) is 3.58. The number of carbonyl (C=O) groups is 1. The van der Waals surface area contributed by atoms with Crippen LogP contribution in [0, 0.1) is 5.92 Å². The van der Waals surface area contributed by atoms with Gasteiger partial charge in [0.25, 0.3) is 0 Å². The number of hydrogen-bond donors (Lipinski definition) is 2. The molecule has 2 unspecified atom stereocenters. The largest absolute Gasteiger partial charge is 0.481 e. The van der Waals surface area contributed by atoms with E-state index in [1.807, 2.05) is 6.92 Å². The van der Waals surface area contributed by atoms with Gasteiger partial charge in [-0.2, -0.15) is 0 Å². The Morgan fingerprint density at radius 1 is 1.58 bits per heavy atom. The van der Waals surface area contributed by atoms with E-state index in [-0.39, 0.29) is 18.0 Å². The minimum atomic E-state index is -0.733. The van der Waals surface area contributed by atoms with Crippen LogP contribution in [0.2, 0.25) is 0 Å². The summed E-state index contributed by atoms with van der Waals surface area (Å²) < 4.78 is 0. The molecule has 0 aliphatic carbocycles. The Morgan fingerprint density at radius 3 is 2.42 bits per heavy atom. The quantitative estimate of drug-likeness (QED) is 0.615. The Labute approximate surface area is 72.3 Å². The van der Waals surface area contributed by atoms with Gasteiger partial charge in [-0.3, -0.25) is 9.69 Å². The van der Waals surface area contributed by atoms with Crippen molar-refractivity contribution < 1.29 is 9.90 Å². The molecule has 0 aromatic carbocycles. The van der Waals surface area contributed by atoms with Crippen molar-refractivity contribution in [2.24, 2.45) is 11.7 Å². The van der Waals surface area contributed by atoms with E-state index in [0.717, 1.165) is 13.1 Å². The van der Waals surface area contributed by atoms with Crippen LogP contribution < -0.4 is 5.73 Å². The number of hydrogen-bond acceptors (Lipinski definition) is 3. The molecule has 4 heteroatoms. The number of nitrogens with two attached hydrogens (primary N) is 1. The van der Waals surface area contributed by atoms with Crippen LogP contribution in [0.25, 0.3) is 0 Å². The Morgan fingerprint density at radius 2 is 2.08 bits per heavy atom. The number of carboxylic acid groups (broad SMARTS) is 1. The number of nitrogens with zero attached hydrogens (tertiary/aromatic N) is 1. The highest BCUT2D eigenvalue weighted by Gasteiger charge is 2.32.